The van der Waals surface area contributed by atoms with E-state index in [0.717, 1.165) is 0 Å². The van der Waals surface area contributed by atoms with E-state index >= 15 is 0 Å². The molecule has 94 valence electrons. The molecule has 0 radical (unpaired) electrons. The van der Waals surface area contributed by atoms with Gasteiger partial charge >= 0.3 is 0 Å². The molecule has 0 atom stereocenters. The summed E-state index contributed by atoms with van der Waals surface area (Å²) < 4.78 is 0. The standard InChI is InChI=1S/C14H24.C2H6/c1-11(2)8-9-13-12(3)7-6-10-14(13,4)5;1-2/h8-9,11H,6-7,10H2,1-5H3;1-2H3/b9-8+;. The van der Waals surface area contributed by atoms with Gasteiger partial charge in [0.1, 0.15) is 0 Å². The van der Waals surface area contributed by atoms with Crippen LogP contribution in [0.1, 0.15) is 67.7 Å². The quantitative estimate of drug-likeness (QED) is 0.558. The average Bonchev–Trinajstić information content (AvgIpc) is 2.18. The van der Waals surface area contributed by atoms with Gasteiger partial charge < -0.3 is 0 Å². The highest BCUT2D eigenvalue weighted by Gasteiger charge is 2.26. The molecule has 0 saturated carbocycles. The van der Waals surface area contributed by atoms with Gasteiger partial charge in [0.05, 0.1) is 0 Å². The van der Waals surface area contributed by atoms with E-state index in [1.807, 2.05) is 13.8 Å². The predicted molar refractivity (Wildman–Crippen MR) is 75.7 cm³/mol. The van der Waals surface area contributed by atoms with Crippen LogP contribution in [0, 0.1) is 11.3 Å². The fraction of sp³-hybridized carbons (Fsp3) is 0.750. The molecular formula is C16H30. The molecule has 16 heavy (non-hydrogen) atoms. The Morgan fingerprint density at radius 1 is 1.19 bits per heavy atom. The van der Waals surface area contributed by atoms with Crippen molar-refractivity contribution in [2.45, 2.75) is 67.7 Å². The van der Waals surface area contributed by atoms with E-state index in [4.69, 9.17) is 0 Å². The molecule has 0 nitrogen and oxygen atoms in total. The topological polar surface area (TPSA) is 0 Å². The third-order valence-electron chi connectivity index (χ3n) is 3.19. The molecule has 0 aromatic heterocycles. The van der Waals surface area contributed by atoms with E-state index in [1.165, 1.54) is 19.3 Å². The highest BCUT2D eigenvalue weighted by molar-refractivity contribution is 5.32. The first-order valence-electron chi connectivity index (χ1n) is 6.82. The van der Waals surface area contributed by atoms with E-state index in [9.17, 15) is 0 Å². The zero-order chi connectivity index (χ0) is 12.8. The summed E-state index contributed by atoms with van der Waals surface area (Å²) in [5.41, 5.74) is 3.57. The Balaban J connectivity index is 0.00000106. The van der Waals surface area contributed by atoms with Crippen molar-refractivity contribution in [3.05, 3.63) is 23.3 Å². The smallest absolute Gasteiger partial charge is 0.0104 e. The molecule has 0 spiro atoms. The zero-order valence-corrected chi connectivity index (χ0v) is 12.4. The van der Waals surface area contributed by atoms with Gasteiger partial charge in [0.15, 0.2) is 0 Å². The molecule has 0 heterocycles. The molecule has 0 N–H and O–H groups in total. The van der Waals surface area contributed by atoms with Crippen molar-refractivity contribution >= 4 is 0 Å². The zero-order valence-electron chi connectivity index (χ0n) is 12.4. The third kappa shape index (κ3) is 4.55. The summed E-state index contributed by atoms with van der Waals surface area (Å²) >= 11 is 0. The van der Waals surface area contributed by atoms with Gasteiger partial charge in [-0.3, -0.25) is 0 Å². The largest absolute Gasteiger partial charge is 0.0817 e. The molecule has 0 unspecified atom stereocenters. The summed E-state index contributed by atoms with van der Waals surface area (Å²) in [5.74, 6) is 0.660. The normalized spacial score (nSPS) is 20.0. The molecule has 0 amide bonds. The van der Waals surface area contributed by atoms with Crippen molar-refractivity contribution in [3.63, 3.8) is 0 Å². The molecule has 0 bridgehead atoms. The molecule has 1 aliphatic carbocycles. The van der Waals surface area contributed by atoms with Crippen molar-refractivity contribution in [2.75, 3.05) is 0 Å². The van der Waals surface area contributed by atoms with Crippen molar-refractivity contribution in [3.8, 4) is 0 Å². The summed E-state index contributed by atoms with van der Waals surface area (Å²) in [4.78, 5) is 0. The lowest BCUT2D eigenvalue weighted by Crippen LogP contribution is -2.19. The molecule has 0 aliphatic heterocycles. The molecular weight excluding hydrogens is 192 g/mol. The first kappa shape index (κ1) is 15.5. The van der Waals surface area contributed by atoms with Crippen LogP contribution in [0.5, 0.6) is 0 Å². The second-order valence-corrected chi connectivity index (χ2v) is 5.53. The van der Waals surface area contributed by atoms with Gasteiger partial charge in [0.2, 0.25) is 0 Å². The number of rotatable bonds is 2. The maximum absolute atomic E-state index is 2.37. The minimum Gasteiger partial charge on any atom is -0.0817 e. The lowest BCUT2D eigenvalue weighted by molar-refractivity contribution is 0.376. The van der Waals surface area contributed by atoms with Crippen molar-refractivity contribution in [2.24, 2.45) is 11.3 Å². The van der Waals surface area contributed by atoms with Gasteiger partial charge in [0.25, 0.3) is 0 Å². The highest BCUT2D eigenvalue weighted by atomic mass is 14.3. The molecule has 0 saturated heterocycles. The molecule has 0 fully saturated rings. The van der Waals surface area contributed by atoms with Crippen LogP contribution in [-0.4, -0.2) is 0 Å². The Bertz CT molecular complexity index is 251. The summed E-state index contributed by atoms with van der Waals surface area (Å²) in [6, 6.07) is 0. The Morgan fingerprint density at radius 3 is 2.19 bits per heavy atom. The monoisotopic (exact) mass is 222 g/mol. The number of allylic oxidation sites excluding steroid dienone is 4. The van der Waals surface area contributed by atoms with Crippen molar-refractivity contribution in [1.82, 2.24) is 0 Å². The van der Waals surface area contributed by atoms with E-state index in [1.54, 1.807) is 11.1 Å². The fourth-order valence-electron chi connectivity index (χ4n) is 2.30. The number of hydrogen-bond acceptors (Lipinski definition) is 0. The van der Waals surface area contributed by atoms with Crippen LogP contribution in [-0.2, 0) is 0 Å². The molecule has 0 heteroatoms. The maximum atomic E-state index is 2.37. The Labute approximate surface area is 103 Å². The van der Waals surface area contributed by atoms with Crippen molar-refractivity contribution < 1.29 is 0 Å². The first-order valence-corrected chi connectivity index (χ1v) is 6.82. The van der Waals surface area contributed by atoms with Gasteiger partial charge in [-0.25, -0.2) is 0 Å². The van der Waals surface area contributed by atoms with Gasteiger partial charge in [-0.05, 0) is 43.1 Å². The molecule has 0 aromatic rings. The van der Waals surface area contributed by atoms with Gasteiger partial charge in [-0.1, -0.05) is 59.3 Å². The summed E-state index contributed by atoms with van der Waals surface area (Å²) in [5, 5.41) is 0. The van der Waals surface area contributed by atoms with E-state index in [2.05, 4.69) is 46.8 Å². The third-order valence-corrected chi connectivity index (χ3v) is 3.19. The Morgan fingerprint density at radius 2 is 1.75 bits per heavy atom. The van der Waals surface area contributed by atoms with Gasteiger partial charge in [-0.15, -0.1) is 0 Å². The second-order valence-electron chi connectivity index (χ2n) is 5.53. The average molecular weight is 222 g/mol. The van der Waals surface area contributed by atoms with Crippen LogP contribution in [0.15, 0.2) is 23.3 Å². The first-order chi connectivity index (χ1) is 7.43. The van der Waals surface area contributed by atoms with Crippen LogP contribution in [0.3, 0.4) is 0 Å². The SMILES string of the molecule is CC.CC1=C(/C=C/C(C)C)C(C)(C)CCC1. The summed E-state index contributed by atoms with van der Waals surface area (Å²) in [6.07, 6.45) is 8.67. The van der Waals surface area contributed by atoms with Crippen LogP contribution < -0.4 is 0 Å². The van der Waals surface area contributed by atoms with Crippen LogP contribution in [0.2, 0.25) is 0 Å². The minimum absolute atomic E-state index is 0.397. The molecule has 1 aliphatic rings. The van der Waals surface area contributed by atoms with E-state index < -0.39 is 0 Å². The second kappa shape index (κ2) is 6.93. The van der Waals surface area contributed by atoms with Crippen LogP contribution in [0.25, 0.3) is 0 Å². The van der Waals surface area contributed by atoms with Crippen LogP contribution in [0.4, 0.5) is 0 Å². The minimum atomic E-state index is 0.397. The van der Waals surface area contributed by atoms with E-state index in [0.29, 0.717) is 11.3 Å². The van der Waals surface area contributed by atoms with Crippen LogP contribution >= 0.6 is 0 Å². The molecule has 0 aromatic carbocycles. The highest BCUT2D eigenvalue weighted by Crippen LogP contribution is 2.40. The molecule has 1 rings (SSSR count). The lowest BCUT2D eigenvalue weighted by atomic mass is 9.72. The van der Waals surface area contributed by atoms with Gasteiger partial charge in [0, 0.05) is 0 Å². The predicted octanol–water partition coefficient (Wildman–Crippen LogP) is 5.75. The maximum Gasteiger partial charge on any atom is -0.0104 e. The Hall–Kier alpha value is -0.520. The van der Waals surface area contributed by atoms with Gasteiger partial charge in [-0.2, -0.15) is 0 Å². The van der Waals surface area contributed by atoms with E-state index in [-0.39, 0.29) is 0 Å². The number of hydrogen-bond donors (Lipinski definition) is 0. The summed E-state index contributed by atoms with van der Waals surface area (Å²) in [7, 11) is 0. The summed E-state index contributed by atoms with van der Waals surface area (Å²) in [6.45, 7) is 15.5. The lowest BCUT2D eigenvalue weighted by Gasteiger charge is -2.33. The van der Waals surface area contributed by atoms with Crippen molar-refractivity contribution in [1.29, 1.82) is 0 Å². The Kier molecular flexibility index (Phi) is 6.71. The fourth-order valence-corrected chi connectivity index (χ4v) is 2.30.